The molecule has 31 heavy (non-hydrogen) atoms. The number of hydrogen-bond acceptors (Lipinski definition) is 5. The quantitative estimate of drug-likeness (QED) is 0.554. The number of likely N-dealkylation sites (tertiary alicyclic amines) is 1. The summed E-state index contributed by atoms with van der Waals surface area (Å²) in [7, 11) is -3.98. The summed E-state index contributed by atoms with van der Waals surface area (Å²) in [6.07, 6.45) is 0.197. The largest absolute Gasteiger partial charge is 0.300 e. The molecule has 0 aliphatic carbocycles. The first-order valence-electron chi connectivity index (χ1n) is 9.76. The van der Waals surface area contributed by atoms with E-state index in [1.165, 1.54) is 19.1 Å². The second-order valence-electron chi connectivity index (χ2n) is 7.58. The highest BCUT2D eigenvalue weighted by atomic mass is 79.9. The number of halogens is 1. The smallest absolute Gasteiger partial charge is 0.241 e. The fraction of sp³-hybridized carbons (Fsp3) is 0.318. The van der Waals surface area contributed by atoms with E-state index in [4.69, 9.17) is 0 Å². The Bertz CT molecular complexity index is 1080. The molecule has 0 unspecified atom stereocenters. The van der Waals surface area contributed by atoms with Crippen LogP contribution in [0, 0.1) is 12.8 Å². The molecule has 0 spiro atoms. The van der Waals surface area contributed by atoms with E-state index in [0.29, 0.717) is 5.56 Å². The molecule has 2 atom stereocenters. The molecule has 0 saturated carbocycles. The van der Waals surface area contributed by atoms with Crippen LogP contribution in [0.25, 0.3) is 0 Å². The Labute approximate surface area is 190 Å². The summed E-state index contributed by atoms with van der Waals surface area (Å²) >= 11 is 3.35. The first kappa shape index (κ1) is 23.3. The Morgan fingerprint density at radius 1 is 1.03 bits per heavy atom. The van der Waals surface area contributed by atoms with Gasteiger partial charge in [-0.3, -0.25) is 19.3 Å². The minimum atomic E-state index is -3.98. The number of hydrogen-bond donors (Lipinski definition) is 1. The highest BCUT2D eigenvalue weighted by Gasteiger charge is 2.37. The van der Waals surface area contributed by atoms with Gasteiger partial charge in [0.2, 0.25) is 21.8 Å². The van der Waals surface area contributed by atoms with E-state index in [0.717, 1.165) is 14.9 Å². The van der Waals surface area contributed by atoms with Crippen LogP contribution in [-0.2, 0) is 24.4 Å². The van der Waals surface area contributed by atoms with Gasteiger partial charge < -0.3 is 0 Å². The van der Waals surface area contributed by atoms with Crippen molar-refractivity contribution in [2.45, 2.75) is 37.6 Å². The lowest BCUT2D eigenvalue weighted by molar-refractivity contribution is -0.139. The van der Waals surface area contributed by atoms with Gasteiger partial charge in [-0.25, -0.2) is 13.1 Å². The summed E-state index contributed by atoms with van der Waals surface area (Å²) in [6, 6.07) is 12.3. The molecule has 1 aliphatic heterocycles. The van der Waals surface area contributed by atoms with Gasteiger partial charge in [-0.05, 0) is 43.7 Å². The third kappa shape index (κ3) is 5.47. The predicted octanol–water partition coefficient (Wildman–Crippen LogP) is 3.13. The van der Waals surface area contributed by atoms with Crippen LogP contribution in [0.4, 0.5) is 0 Å². The Kier molecular flexibility index (Phi) is 7.08. The Morgan fingerprint density at radius 3 is 2.10 bits per heavy atom. The summed E-state index contributed by atoms with van der Waals surface area (Å²) in [4.78, 5) is 38.0. The van der Waals surface area contributed by atoms with Crippen molar-refractivity contribution in [2.75, 3.05) is 6.54 Å². The molecule has 2 aromatic rings. The van der Waals surface area contributed by atoms with Crippen LogP contribution in [0.2, 0.25) is 0 Å². The first-order valence-corrected chi connectivity index (χ1v) is 12.0. The fourth-order valence-electron chi connectivity index (χ4n) is 3.50. The van der Waals surface area contributed by atoms with Crippen molar-refractivity contribution < 1.29 is 22.8 Å². The van der Waals surface area contributed by atoms with E-state index in [-0.39, 0.29) is 41.9 Å². The molecule has 0 bridgehead atoms. The molecule has 1 fully saturated rings. The van der Waals surface area contributed by atoms with Crippen molar-refractivity contribution in [3.05, 3.63) is 64.1 Å². The van der Waals surface area contributed by atoms with E-state index in [9.17, 15) is 22.8 Å². The normalized spacial score (nSPS) is 16.4. The minimum Gasteiger partial charge on any atom is -0.300 e. The Balaban J connectivity index is 2.00. The van der Waals surface area contributed by atoms with Crippen molar-refractivity contribution >= 4 is 43.6 Å². The zero-order valence-electron chi connectivity index (χ0n) is 17.2. The lowest BCUT2D eigenvalue weighted by atomic mass is 9.90. The van der Waals surface area contributed by atoms with Crippen molar-refractivity contribution in [1.29, 1.82) is 0 Å². The summed E-state index contributed by atoms with van der Waals surface area (Å²) < 4.78 is 29.6. The SMILES string of the molecule is CC(=O)[C@H](CN1C(=O)CCC1=O)[C@H](NS(=O)(=O)c1ccc(C)cc1)c1ccc(Br)cc1. The molecule has 1 aliphatic rings. The lowest BCUT2D eigenvalue weighted by Gasteiger charge is -2.29. The number of carbonyl (C=O) groups excluding carboxylic acids is 3. The number of nitrogens with zero attached hydrogens (tertiary/aromatic N) is 1. The van der Waals surface area contributed by atoms with Gasteiger partial charge in [-0.15, -0.1) is 0 Å². The van der Waals surface area contributed by atoms with E-state index < -0.39 is 22.0 Å². The van der Waals surface area contributed by atoms with Crippen molar-refractivity contribution in [2.24, 2.45) is 5.92 Å². The molecule has 1 N–H and O–H groups in total. The number of ketones is 1. The van der Waals surface area contributed by atoms with Crippen LogP contribution in [-0.4, -0.2) is 37.5 Å². The number of nitrogens with one attached hydrogen (secondary N) is 1. The summed E-state index contributed by atoms with van der Waals surface area (Å²) in [5.74, 6) is -1.97. The highest BCUT2D eigenvalue weighted by Crippen LogP contribution is 2.29. The predicted molar refractivity (Wildman–Crippen MR) is 119 cm³/mol. The Hall–Kier alpha value is -2.36. The van der Waals surface area contributed by atoms with Crippen molar-refractivity contribution in [3.63, 3.8) is 0 Å². The molecule has 1 heterocycles. The minimum absolute atomic E-state index is 0.0656. The average molecular weight is 507 g/mol. The average Bonchev–Trinajstić information content (AvgIpc) is 3.03. The van der Waals surface area contributed by atoms with Crippen molar-refractivity contribution in [1.82, 2.24) is 9.62 Å². The van der Waals surface area contributed by atoms with Gasteiger partial charge >= 0.3 is 0 Å². The van der Waals surface area contributed by atoms with Crippen LogP contribution in [0.15, 0.2) is 57.9 Å². The van der Waals surface area contributed by atoms with Crippen LogP contribution in [0.1, 0.15) is 36.9 Å². The second-order valence-corrected chi connectivity index (χ2v) is 10.2. The molecular formula is C22H23BrN2O5S. The van der Waals surface area contributed by atoms with Crippen LogP contribution >= 0.6 is 15.9 Å². The molecule has 2 amide bonds. The lowest BCUT2D eigenvalue weighted by Crippen LogP contribution is -2.44. The zero-order valence-corrected chi connectivity index (χ0v) is 19.6. The third-order valence-electron chi connectivity index (χ3n) is 5.30. The molecule has 3 rings (SSSR count). The number of sulfonamides is 1. The van der Waals surface area contributed by atoms with Gasteiger partial charge in [-0.1, -0.05) is 45.8 Å². The van der Waals surface area contributed by atoms with E-state index in [1.807, 2.05) is 6.92 Å². The van der Waals surface area contributed by atoms with Gasteiger partial charge in [-0.2, -0.15) is 0 Å². The maximum absolute atomic E-state index is 13.1. The highest BCUT2D eigenvalue weighted by molar-refractivity contribution is 9.10. The number of Topliss-reactive ketones (excluding diaryl/α,β-unsaturated/α-hetero) is 1. The van der Waals surface area contributed by atoms with Gasteiger partial charge in [0.1, 0.15) is 5.78 Å². The van der Waals surface area contributed by atoms with Gasteiger partial charge in [0.25, 0.3) is 0 Å². The van der Waals surface area contributed by atoms with E-state index in [1.54, 1.807) is 36.4 Å². The number of benzene rings is 2. The molecule has 0 radical (unpaired) electrons. The number of carbonyl (C=O) groups is 3. The monoisotopic (exact) mass is 506 g/mol. The molecule has 0 aromatic heterocycles. The fourth-order valence-corrected chi connectivity index (χ4v) is 5.03. The molecule has 7 nitrogen and oxygen atoms in total. The molecular weight excluding hydrogens is 484 g/mol. The van der Waals surface area contributed by atoms with Gasteiger partial charge in [0, 0.05) is 23.9 Å². The maximum atomic E-state index is 13.1. The van der Waals surface area contributed by atoms with Gasteiger partial charge in [0.15, 0.2) is 0 Å². The molecule has 9 heteroatoms. The summed E-state index contributed by atoms with van der Waals surface area (Å²) in [5, 5.41) is 0. The number of rotatable bonds is 8. The molecule has 2 aromatic carbocycles. The summed E-state index contributed by atoms with van der Waals surface area (Å²) in [6.45, 7) is 3.01. The standard InChI is InChI=1S/C22H23BrN2O5S/c1-14-3-9-18(10-4-14)31(29,30)24-22(16-5-7-17(23)8-6-16)19(15(2)26)13-25-20(27)11-12-21(25)28/h3-10,19,22,24H,11-13H2,1-2H3/t19-,22+/m0/s1. The number of imide groups is 1. The van der Waals surface area contributed by atoms with E-state index >= 15 is 0 Å². The van der Waals surface area contributed by atoms with Gasteiger partial charge in [0.05, 0.1) is 16.9 Å². The maximum Gasteiger partial charge on any atom is 0.241 e. The number of aryl methyl sites for hydroxylation is 1. The van der Waals surface area contributed by atoms with E-state index in [2.05, 4.69) is 20.7 Å². The molecule has 164 valence electrons. The van der Waals surface area contributed by atoms with Crippen LogP contribution in [0.5, 0.6) is 0 Å². The first-order chi connectivity index (χ1) is 14.6. The number of amides is 2. The third-order valence-corrected chi connectivity index (χ3v) is 7.29. The van der Waals surface area contributed by atoms with Crippen LogP contribution < -0.4 is 4.72 Å². The molecule has 1 saturated heterocycles. The summed E-state index contributed by atoms with van der Waals surface area (Å²) in [5.41, 5.74) is 1.47. The van der Waals surface area contributed by atoms with Crippen LogP contribution in [0.3, 0.4) is 0 Å². The van der Waals surface area contributed by atoms with Crippen molar-refractivity contribution in [3.8, 4) is 0 Å². The zero-order chi connectivity index (χ0) is 22.8. The second kappa shape index (κ2) is 9.42. The Morgan fingerprint density at radius 2 is 1.58 bits per heavy atom. The topological polar surface area (TPSA) is 101 Å².